The zero-order valence-corrected chi connectivity index (χ0v) is 14.5. The van der Waals surface area contributed by atoms with Gasteiger partial charge >= 0.3 is 0 Å². The number of rotatable bonds is 5. The van der Waals surface area contributed by atoms with Crippen molar-refractivity contribution in [1.29, 1.82) is 0 Å². The molecule has 0 spiro atoms. The Balaban J connectivity index is 1.78. The van der Waals surface area contributed by atoms with Crippen LogP contribution < -0.4 is 10.9 Å². The summed E-state index contributed by atoms with van der Waals surface area (Å²) in [7, 11) is 0. The number of amides is 2. The number of fused-ring (bicyclic) bond motifs is 1. The average Bonchev–Trinajstić information content (AvgIpc) is 2.64. The molecular weight excluding hydrogens is 358 g/mol. The maximum atomic E-state index is 12.6. The lowest BCUT2D eigenvalue weighted by molar-refractivity contribution is -0.108. The lowest BCUT2D eigenvalue weighted by Crippen LogP contribution is -2.46. The highest BCUT2D eigenvalue weighted by atomic mass is 35.5. The molecule has 0 fully saturated rings. The molecule has 0 bridgehead atoms. The van der Waals surface area contributed by atoms with E-state index in [0.29, 0.717) is 11.3 Å². The molecule has 3 rings (SSSR count). The minimum Gasteiger partial charge on any atom is -0.348 e. The quantitative estimate of drug-likeness (QED) is 0.794. The van der Waals surface area contributed by atoms with E-state index in [1.165, 1.54) is 21.6 Å². The molecule has 0 saturated carbocycles. The van der Waals surface area contributed by atoms with Crippen molar-refractivity contribution in [2.75, 3.05) is 13.1 Å². The van der Waals surface area contributed by atoms with Gasteiger partial charge in [0.05, 0.1) is 6.54 Å². The van der Waals surface area contributed by atoms with Crippen molar-refractivity contribution in [3.8, 4) is 0 Å². The number of carbonyl (C=O) groups excluding carboxylic acids is 3. The number of aldehydes is 1. The number of carbonyl (C=O) groups is 3. The summed E-state index contributed by atoms with van der Waals surface area (Å²) in [6.45, 7) is 0.728. The van der Waals surface area contributed by atoms with E-state index < -0.39 is 17.4 Å². The molecule has 0 unspecified atom stereocenters. The molecule has 1 aliphatic heterocycles. The molecule has 1 aromatic carbocycles. The minimum absolute atomic E-state index is 0.0175. The van der Waals surface area contributed by atoms with E-state index in [0.717, 1.165) is 5.56 Å². The predicted octanol–water partition coefficient (Wildman–Crippen LogP) is 1.09. The Bertz CT molecular complexity index is 921. The number of hydrogen-bond acceptors (Lipinski definition) is 4. The molecule has 1 N–H and O–H groups in total. The van der Waals surface area contributed by atoms with Gasteiger partial charge in [-0.25, -0.2) is 0 Å². The van der Waals surface area contributed by atoms with E-state index in [4.69, 9.17) is 11.6 Å². The third-order valence-corrected chi connectivity index (χ3v) is 4.43. The Kier molecular flexibility index (Phi) is 5.18. The van der Waals surface area contributed by atoms with Gasteiger partial charge in [0.1, 0.15) is 17.5 Å². The fraction of sp³-hybridized carbons (Fsp3) is 0.222. The predicted molar refractivity (Wildman–Crippen MR) is 95.3 cm³/mol. The van der Waals surface area contributed by atoms with Gasteiger partial charge in [0, 0.05) is 24.7 Å². The van der Waals surface area contributed by atoms with Gasteiger partial charge < -0.3 is 19.6 Å². The fourth-order valence-electron chi connectivity index (χ4n) is 2.79. The number of hydrogen-bond donors (Lipinski definition) is 1. The van der Waals surface area contributed by atoms with Crippen molar-refractivity contribution in [2.45, 2.75) is 13.1 Å². The molecule has 8 heteroatoms. The van der Waals surface area contributed by atoms with Crippen molar-refractivity contribution >= 4 is 29.7 Å². The van der Waals surface area contributed by atoms with Crippen LogP contribution in [0.4, 0.5) is 0 Å². The van der Waals surface area contributed by atoms with Crippen LogP contribution in [0.25, 0.3) is 0 Å². The first-order chi connectivity index (χ1) is 12.5. The smallest absolute Gasteiger partial charge is 0.271 e. The molecule has 26 heavy (non-hydrogen) atoms. The second-order valence-electron chi connectivity index (χ2n) is 5.82. The van der Waals surface area contributed by atoms with Crippen LogP contribution in [0, 0.1) is 0 Å². The zero-order chi connectivity index (χ0) is 18.7. The molecule has 0 radical (unpaired) electrons. The maximum absolute atomic E-state index is 12.6. The largest absolute Gasteiger partial charge is 0.348 e. The molecule has 2 heterocycles. The molecule has 1 aliphatic rings. The average molecular weight is 374 g/mol. The van der Waals surface area contributed by atoms with Crippen LogP contribution in [0.2, 0.25) is 5.02 Å². The Morgan fingerprint density at radius 2 is 1.85 bits per heavy atom. The van der Waals surface area contributed by atoms with E-state index >= 15 is 0 Å². The van der Waals surface area contributed by atoms with Gasteiger partial charge in [0.25, 0.3) is 17.4 Å². The summed E-state index contributed by atoms with van der Waals surface area (Å²) in [5.74, 6) is -0.906. The lowest BCUT2D eigenvalue weighted by atomic mass is 10.1. The van der Waals surface area contributed by atoms with Gasteiger partial charge in [-0.2, -0.15) is 0 Å². The second kappa shape index (κ2) is 7.53. The van der Waals surface area contributed by atoms with Crippen LogP contribution in [0.3, 0.4) is 0 Å². The third-order valence-electron chi connectivity index (χ3n) is 4.18. The van der Waals surface area contributed by atoms with Gasteiger partial charge in [-0.15, -0.1) is 0 Å². The molecule has 1 aromatic heterocycles. The zero-order valence-electron chi connectivity index (χ0n) is 13.8. The first-order valence-electron chi connectivity index (χ1n) is 8.00. The molecular formula is C18H16ClN3O4. The Labute approximate surface area is 154 Å². The topological polar surface area (TPSA) is 88.5 Å². The number of benzene rings is 1. The van der Waals surface area contributed by atoms with Crippen molar-refractivity contribution in [1.82, 2.24) is 14.8 Å². The molecule has 7 nitrogen and oxygen atoms in total. The van der Waals surface area contributed by atoms with E-state index in [1.54, 1.807) is 24.3 Å². The van der Waals surface area contributed by atoms with E-state index in [2.05, 4.69) is 5.32 Å². The Morgan fingerprint density at radius 3 is 2.54 bits per heavy atom. The summed E-state index contributed by atoms with van der Waals surface area (Å²) < 4.78 is 1.28. The summed E-state index contributed by atoms with van der Waals surface area (Å²) >= 11 is 5.82. The minimum atomic E-state index is -0.518. The first-order valence-corrected chi connectivity index (χ1v) is 8.38. The second-order valence-corrected chi connectivity index (χ2v) is 6.25. The highest BCUT2D eigenvalue weighted by Gasteiger charge is 2.26. The van der Waals surface area contributed by atoms with Gasteiger partial charge in [-0.3, -0.25) is 14.4 Å². The number of nitrogens with one attached hydrogen (secondary N) is 1. The highest BCUT2D eigenvalue weighted by Crippen LogP contribution is 2.11. The van der Waals surface area contributed by atoms with Crippen LogP contribution in [-0.4, -0.2) is 40.7 Å². The molecule has 0 aliphatic carbocycles. The van der Waals surface area contributed by atoms with Crippen LogP contribution in [-0.2, 0) is 17.9 Å². The summed E-state index contributed by atoms with van der Waals surface area (Å²) in [6, 6.07) is 9.78. The number of pyridine rings is 1. The van der Waals surface area contributed by atoms with E-state index in [-0.39, 0.29) is 37.4 Å². The van der Waals surface area contributed by atoms with Crippen molar-refractivity contribution < 1.29 is 14.4 Å². The van der Waals surface area contributed by atoms with Crippen molar-refractivity contribution in [3.05, 3.63) is 68.6 Å². The standard InChI is InChI=1S/C18H16ClN3O4/c19-13-3-1-12(2-4-13)11-20-16(24)14-5-6-15-18(26)21(9-10-23)7-8-22(15)17(14)25/h1-6,10H,7-9,11H2,(H,20,24). The van der Waals surface area contributed by atoms with Gasteiger partial charge in [-0.1, -0.05) is 23.7 Å². The molecule has 0 atom stereocenters. The Morgan fingerprint density at radius 1 is 1.12 bits per heavy atom. The number of nitrogens with zero attached hydrogens (tertiary/aromatic N) is 2. The summed E-state index contributed by atoms with van der Waals surface area (Å²) in [6.07, 6.45) is 0.643. The van der Waals surface area contributed by atoms with Crippen molar-refractivity contribution in [2.24, 2.45) is 0 Å². The lowest BCUT2D eigenvalue weighted by Gasteiger charge is -2.28. The Hall–Kier alpha value is -2.93. The monoisotopic (exact) mass is 373 g/mol. The van der Waals surface area contributed by atoms with Crippen LogP contribution in [0.5, 0.6) is 0 Å². The van der Waals surface area contributed by atoms with E-state index in [1.807, 2.05) is 0 Å². The first kappa shape index (κ1) is 17.9. The normalized spacial score (nSPS) is 13.3. The van der Waals surface area contributed by atoms with Crippen LogP contribution in [0.15, 0.2) is 41.2 Å². The molecule has 134 valence electrons. The van der Waals surface area contributed by atoms with Crippen molar-refractivity contribution in [3.63, 3.8) is 0 Å². The number of aromatic nitrogens is 1. The van der Waals surface area contributed by atoms with Crippen LogP contribution >= 0.6 is 11.6 Å². The molecule has 0 saturated heterocycles. The summed E-state index contributed by atoms with van der Waals surface area (Å²) in [5, 5.41) is 3.28. The van der Waals surface area contributed by atoms with Crippen LogP contribution in [0.1, 0.15) is 26.4 Å². The van der Waals surface area contributed by atoms with E-state index in [9.17, 15) is 19.2 Å². The highest BCUT2D eigenvalue weighted by molar-refractivity contribution is 6.30. The van der Waals surface area contributed by atoms with Gasteiger partial charge in [0.2, 0.25) is 0 Å². The number of halogens is 1. The molecule has 2 amide bonds. The van der Waals surface area contributed by atoms with Gasteiger partial charge in [-0.05, 0) is 29.8 Å². The SMILES string of the molecule is O=CCN1CCn2c(ccc(C(=O)NCc3ccc(Cl)cc3)c2=O)C1=O. The molecule has 2 aromatic rings. The van der Waals surface area contributed by atoms with Gasteiger partial charge in [0.15, 0.2) is 0 Å². The summed E-state index contributed by atoms with van der Waals surface area (Å²) in [5.41, 5.74) is 0.479. The maximum Gasteiger partial charge on any atom is 0.271 e. The summed E-state index contributed by atoms with van der Waals surface area (Å²) in [4.78, 5) is 49.2. The fourth-order valence-corrected chi connectivity index (χ4v) is 2.91. The third kappa shape index (κ3) is 3.52.